The number of nitrogens with zero attached hydrogens (tertiary/aromatic N) is 1. The van der Waals surface area contributed by atoms with E-state index in [0.29, 0.717) is 5.41 Å². The summed E-state index contributed by atoms with van der Waals surface area (Å²) in [7, 11) is 2.21. The van der Waals surface area contributed by atoms with Crippen LogP contribution in [0.15, 0.2) is 18.2 Å². The van der Waals surface area contributed by atoms with E-state index in [1.165, 1.54) is 23.2 Å². The van der Waals surface area contributed by atoms with Crippen LogP contribution in [0.1, 0.15) is 24.5 Å². The quantitative estimate of drug-likeness (QED) is 0.862. The van der Waals surface area contributed by atoms with E-state index in [9.17, 15) is 0 Å². The van der Waals surface area contributed by atoms with Crippen LogP contribution in [0.4, 0.5) is 5.69 Å². The van der Waals surface area contributed by atoms with E-state index in [1.54, 1.807) is 0 Å². The average Bonchev–Trinajstić information content (AvgIpc) is 2.64. The SMILES string of the molecule is Cc1ccc(N(C)CC2(C)CCNC2)c(C)c1. The minimum atomic E-state index is 0.423. The summed E-state index contributed by atoms with van der Waals surface area (Å²) in [6.45, 7) is 10.2. The van der Waals surface area contributed by atoms with Crippen molar-refractivity contribution in [3.05, 3.63) is 29.3 Å². The molecule has 1 heterocycles. The first-order valence-corrected chi connectivity index (χ1v) is 6.49. The van der Waals surface area contributed by atoms with E-state index < -0.39 is 0 Å². The number of hydrogen-bond donors (Lipinski definition) is 1. The standard InChI is InChI=1S/C15H24N2/c1-12-5-6-14(13(2)9-12)17(4)11-15(3)7-8-16-10-15/h5-6,9,16H,7-8,10-11H2,1-4H3. The first kappa shape index (κ1) is 12.4. The van der Waals surface area contributed by atoms with Crippen LogP contribution in [0.25, 0.3) is 0 Å². The molecule has 0 aliphatic carbocycles. The second-order valence-corrected chi connectivity index (χ2v) is 5.88. The van der Waals surface area contributed by atoms with Crippen molar-refractivity contribution < 1.29 is 0 Å². The van der Waals surface area contributed by atoms with E-state index in [2.05, 4.69) is 56.2 Å². The lowest BCUT2D eigenvalue weighted by Crippen LogP contribution is -2.35. The number of aryl methyl sites for hydroxylation is 2. The number of anilines is 1. The lowest BCUT2D eigenvalue weighted by molar-refractivity contribution is 0.371. The van der Waals surface area contributed by atoms with Crippen molar-refractivity contribution in [1.29, 1.82) is 0 Å². The van der Waals surface area contributed by atoms with Gasteiger partial charge in [-0.3, -0.25) is 0 Å². The van der Waals surface area contributed by atoms with Crippen LogP contribution in [0.2, 0.25) is 0 Å². The van der Waals surface area contributed by atoms with Gasteiger partial charge >= 0.3 is 0 Å². The lowest BCUT2D eigenvalue weighted by Gasteiger charge is -2.31. The minimum Gasteiger partial charge on any atom is -0.374 e. The summed E-state index contributed by atoms with van der Waals surface area (Å²) in [4.78, 5) is 2.40. The van der Waals surface area contributed by atoms with E-state index in [1.807, 2.05) is 0 Å². The maximum Gasteiger partial charge on any atom is 0.0393 e. The Bertz CT molecular complexity index is 392. The molecule has 2 heteroatoms. The highest BCUT2D eigenvalue weighted by Crippen LogP contribution is 2.29. The molecule has 1 aliphatic heterocycles. The molecule has 0 amide bonds. The first-order chi connectivity index (χ1) is 8.00. The molecule has 1 aliphatic rings. The Balaban J connectivity index is 2.11. The number of nitrogens with one attached hydrogen (secondary N) is 1. The second kappa shape index (κ2) is 4.69. The van der Waals surface area contributed by atoms with Crippen molar-refractivity contribution in [2.45, 2.75) is 27.2 Å². The third kappa shape index (κ3) is 2.81. The Hall–Kier alpha value is -1.02. The summed E-state index contributed by atoms with van der Waals surface area (Å²) >= 11 is 0. The molecule has 0 radical (unpaired) electrons. The average molecular weight is 232 g/mol. The summed E-state index contributed by atoms with van der Waals surface area (Å²) in [6.07, 6.45) is 1.28. The summed E-state index contributed by atoms with van der Waals surface area (Å²) < 4.78 is 0. The Morgan fingerprint density at radius 2 is 2.12 bits per heavy atom. The fraction of sp³-hybridized carbons (Fsp3) is 0.600. The molecule has 0 bridgehead atoms. The summed E-state index contributed by atoms with van der Waals surface area (Å²) in [5.74, 6) is 0. The molecule has 2 nitrogen and oxygen atoms in total. The molecular formula is C15H24N2. The molecule has 1 N–H and O–H groups in total. The van der Waals surface area contributed by atoms with Gasteiger partial charge < -0.3 is 10.2 Å². The predicted octanol–water partition coefficient (Wildman–Crippen LogP) is 2.74. The highest BCUT2D eigenvalue weighted by molar-refractivity contribution is 5.54. The Morgan fingerprint density at radius 1 is 1.35 bits per heavy atom. The topological polar surface area (TPSA) is 15.3 Å². The second-order valence-electron chi connectivity index (χ2n) is 5.88. The van der Waals surface area contributed by atoms with Gasteiger partial charge in [0, 0.05) is 25.8 Å². The van der Waals surface area contributed by atoms with Crippen LogP contribution in [-0.2, 0) is 0 Å². The zero-order chi connectivity index (χ0) is 12.5. The van der Waals surface area contributed by atoms with Gasteiger partial charge in [-0.1, -0.05) is 24.6 Å². The molecule has 1 aromatic rings. The van der Waals surface area contributed by atoms with Crippen LogP contribution >= 0.6 is 0 Å². The monoisotopic (exact) mass is 232 g/mol. The smallest absolute Gasteiger partial charge is 0.0393 e. The lowest BCUT2D eigenvalue weighted by atomic mass is 9.89. The largest absolute Gasteiger partial charge is 0.374 e. The van der Waals surface area contributed by atoms with Gasteiger partial charge in [-0.25, -0.2) is 0 Å². The van der Waals surface area contributed by atoms with Crippen molar-refractivity contribution in [3.8, 4) is 0 Å². The van der Waals surface area contributed by atoms with Crippen molar-refractivity contribution >= 4 is 5.69 Å². The summed E-state index contributed by atoms with van der Waals surface area (Å²) in [6, 6.07) is 6.71. The zero-order valence-electron chi connectivity index (χ0n) is 11.5. The Morgan fingerprint density at radius 3 is 2.71 bits per heavy atom. The van der Waals surface area contributed by atoms with Crippen LogP contribution in [0.3, 0.4) is 0 Å². The number of rotatable bonds is 3. The molecule has 94 valence electrons. The van der Waals surface area contributed by atoms with Crippen molar-refractivity contribution in [2.24, 2.45) is 5.41 Å². The van der Waals surface area contributed by atoms with Gasteiger partial charge in [0.15, 0.2) is 0 Å². The molecule has 1 fully saturated rings. The van der Waals surface area contributed by atoms with Gasteiger partial charge in [-0.15, -0.1) is 0 Å². The number of hydrogen-bond acceptors (Lipinski definition) is 2. The van der Waals surface area contributed by atoms with E-state index >= 15 is 0 Å². The molecular weight excluding hydrogens is 208 g/mol. The van der Waals surface area contributed by atoms with Crippen LogP contribution in [-0.4, -0.2) is 26.7 Å². The van der Waals surface area contributed by atoms with Gasteiger partial charge in [0.05, 0.1) is 0 Å². The van der Waals surface area contributed by atoms with Gasteiger partial charge in [-0.2, -0.15) is 0 Å². The van der Waals surface area contributed by atoms with Crippen LogP contribution in [0, 0.1) is 19.3 Å². The fourth-order valence-electron chi connectivity index (χ4n) is 2.90. The molecule has 2 rings (SSSR count). The molecule has 1 saturated heterocycles. The maximum atomic E-state index is 3.47. The fourth-order valence-corrected chi connectivity index (χ4v) is 2.90. The summed E-state index contributed by atoms with van der Waals surface area (Å²) in [5.41, 5.74) is 4.51. The van der Waals surface area contributed by atoms with Crippen LogP contribution in [0.5, 0.6) is 0 Å². The molecule has 1 atom stereocenters. The van der Waals surface area contributed by atoms with Gasteiger partial charge in [0.2, 0.25) is 0 Å². The highest BCUT2D eigenvalue weighted by Gasteiger charge is 2.30. The third-order valence-electron chi connectivity index (χ3n) is 3.84. The van der Waals surface area contributed by atoms with Crippen molar-refractivity contribution in [1.82, 2.24) is 5.32 Å². The molecule has 17 heavy (non-hydrogen) atoms. The third-order valence-corrected chi connectivity index (χ3v) is 3.84. The van der Waals surface area contributed by atoms with Crippen molar-refractivity contribution in [3.63, 3.8) is 0 Å². The normalized spacial score (nSPS) is 24.0. The van der Waals surface area contributed by atoms with Crippen molar-refractivity contribution in [2.75, 3.05) is 31.6 Å². The molecule has 0 aromatic heterocycles. The summed E-state index contributed by atoms with van der Waals surface area (Å²) in [5, 5.41) is 3.47. The van der Waals surface area contributed by atoms with E-state index in [4.69, 9.17) is 0 Å². The molecule has 1 aromatic carbocycles. The van der Waals surface area contributed by atoms with Gasteiger partial charge in [-0.05, 0) is 43.9 Å². The minimum absolute atomic E-state index is 0.423. The van der Waals surface area contributed by atoms with Crippen LogP contribution < -0.4 is 10.2 Å². The first-order valence-electron chi connectivity index (χ1n) is 6.49. The molecule has 0 saturated carbocycles. The number of benzene rings is 1. The van der Waals surface area contributed by atoms with Gasteiger partial charge in [0.25, 0.3) is 0 Å². The maximum absolute atomic E-state index is 3.47. The molecule has 0 spiro atoms. The Labute approximate surface area is 105 Å². The van der Waals surface area contributed by atoms with Gasteiger partial charge in [0.1, 0.15) is 0 Å². The van der Waals surface area contributed by atoms with E-state index in [0.717, 1.165) is 19.6 Å². The zero-order valence-corrected chi connectivity index (χ0v) is 11.5. The molecule has 1 unspecified atom stereocenters. The van der Waals surface area contributed by atoms with E-state index in [-0.39, 0.29) is 0 Å². The predicted molar refractivity (Wildman–Crippen MR) is 74.8 cm³/mol. The highest BCUT2D eigenvalue weighted by atomic mass is 15.1. The Kier molecular flexibility index (Phi) is 3.43.